The number of aryl methyl sites for hydroxylation is 1. The highest BCUT2D eigenvalue weighted by Crippen LogP contribution is 2.24. The van der Waals surface area contributed by atoms with E-state index >= 15 is 0 Å². The Hall–Kier alpha value is -2.17. The van der Waals surface area contributed by atoms with Gasteiger partial charge < -0.3 is 5.32 Å². The lowest BCUT2D eigenvalue weighted by Gasteiger charge is -2.12. The molecule has 1 heterocycles. The van der Waals surface area contributed by atoms with Crippen molar-refractivity contribution in [3.8, 4) is 0 Å². The van der Waals surface area contributed by atoms with Crippen LogP contribution in [-0.2, 0) is 11.3 Å². The van der Waals surface area contributed by atoms with Crippen molar-refractivity contribution in [1.29, 1.82) is 0 Å². The zero-order valence-corrected chi connectivity index (χ0v) is 15.2. The Morgan fingerprint density at radius 3 is 2.60 bits per heavy atom. The van der Waals surface area contributed by atoms with Crippen LogP contribution in [0.2, 0.25) is 0 Å². The van der Waals surface area contributed by atoms with Crippen molar-refractivity contribution >= 4 is 5.91 Å². The Balaban J connectivity index is 1.54. The van der Waals surface area contributed by atoms with Crippen molar-refractivity contribution in [2.24, 2.45) is 0 Å². The number of benzene rings is 2. The fourth-order valence-corrected chi connectivity index (χ4v) is 3.19. The highest BCUT2D eigenvalue weighted by molar-refractivity contribution is 5.82. The molecule has 4 nitrogen and oxygen atoms in total. The van der Waals surface area contributed by atoms with Gasteiger partial charge >= 0.3 is 0 Å². The standard InChI is InChI=1S/C21H27N3O/c1-14(2)17-7-9-18(10-8-17)19-12-20(24-23-19)21(25)22-13-16-6-4-5-15(3)11-16/h4-11,14,19-20,23-24H,12-13H2,1-3H3,(H,22,25). The second kappa shape index (κ2) is 7.81. The van der Waals surface area contributed by atoms with Gasteiger partial charge in [0.05, 0.1) is 0 Å². The highest BCUT2D eigenvalue weighted by Gasteiger charge is 2.29. The summed E-state index contributed by atoms with van der Waals surface area (Å²) in [5.74, 6) is 0.569. The largest absolute Gasteiger partial charge is 0.351 e. The fraction of sp³-hybridized carbons (Fsp3) is 0.381. The third-order valence-corrected chi connectivity index (χ3v) is 4.77. The first kappa shape index (κ1) is 17.6. The molecule has 1 saturated heterocycles. The van der Waals surface area contributed by atoms with E-state index in [1.165, 1.54) is 16.7 Å². The van der Waals surface area contributed by atoms with Gasteiger partial charge in [-0.1, -0.05) is 67.9 Å². The number of hydrazine groups is 1. The summed E-state index contributed by atoms with van der Waals surface area (Å²) >= 11 is 0. The minimum atomic E-state index is -0.209. The molecule has 0 radical (unpaired) electrons. The highest BCUT2D eigenvalue weighted by atomic mass is 16.2. The Morgan fingerprint density at radius 2 is 1.92 bits per heavy atom. The zero-order valence-electron chi connectivity index (χ0n) is 15.2. The van der Waals surface area contributed by atoms with Gasteiger partial charge in [-0.3, -0.25) is 4.79 Å². The van der Waals surface area contributed by atoms with E-state index < -0.39 is 0 Å². The van der Waals surface area contributed by atoms with Crippen LogP contribution in [-0.4, -0.2) is 11.9 Å². The van der Waals surface area contributed by atoms with Crippen molar-refractivity contribution < 1.29 is 4.79 Å². The summed E-state index contributed by atoms with van der Waals surface area (Å²) in [5, 5.41) is 3.02. The lowest BCUT2D eigenvalue weighted by Crippen LogP contribution is -2.42. The number of hydrogen-bond acceptors (Lipinski definition) is 3. The van der Waals surface area contributed by atoms with Crippen LogP contribution in [0.5, 0.6) is 0 Å². The first-order valence-electron chi connectivity index (χ1n) is 8.97. The minimum Gasteiger partial charge on any atom is -0.351 e. The minimum absolute atomic E-state index is 0.0373. The smallest absolute Gasteiger partial charge is 0.238 e. The summed E-state index contributed by atoms with van der Waals surface area (Å²) in [6, 6.07) is 16.8. The lowest BCUT2D eigenvalue weighted by molar-refractivity contribution is -0.123. The number of carbonyl (C=O) groups is 1. The van der Waals surface area contributed by atoms with Gasteiger partial charge in [-0.2, -0.15) is 0 Å². The first-order valence-corrected chi connectivity index (χ1v) is 8.97. The normalized spacial score (nSPS) is 20.0. The summed E-state index contributed by atoms with van der Waals surface area (Å²) in [6.07, 6.45) is 0.751. The van der Waals surface area contributed by atoms with Crippen LogP contribution in [0.3, 0.4) is 0 Å². The van der Waals surface area contributed by atoms with Crippen LogP contribution in [0.4, 0.5) is 0 Å². The molecular weight excluding hydrogens is 310 g/mol. The molecule has 1 amide bonds. The Bertz CT molecular complexity index is 724. The van der Waals surface area contributed by atoms with Crippen LogP contribution in [0.1, 0.15) is 54.5 Å². The number of rotatable bonds is 5. The van der Waals surface area contributed by atoms with Crippen LogP contribution < -0.4 is 16.2 Å². The molecule has 0 saturated carbocycles. The maximum Gasteiger partial charge on any atom is 0.238 e. The molecule has 0 bridgehead atoms. The van der Waals surface area contributed by atoms with E-state index in [-0.39, 0.29) is 18.0 Å². The number of amides is 1. The van der Waals surface area contributed by atoms with Crippen molar-refractivity contribution in [2.45, 2.75) is 51.7 Å². The topological polar surface area (TPSA) is 53.2 Å². The van der Waals surface area contributed by atoms with E-state index in [0.717, 1.165) is 12.0 Å². The second-order valence-electron chi connectivity index (χ2n) is 7.16. The van der Waals surface area contributed by atoms with Gasteiger partial charge in [0.15, 0.2) is 0 Å². The predicted molar refractivity (Wildman–Crippen MR) is 101 cm³/mol. The van der Waals surface area contributed by atoms with Crippen LogP contribution in [0.25, 0.3) is 0 Å². The molecule has 2 unspecified atom stereocenters. The van der Waals surface area contributed by atoms with Gasteiger partial charge in [-0.15, -0.1) is 0 Å². The molecule has 132 valence electrons. The molecule has 25 heavy (non-hydrogen) atoms. The predicted octanol–water partition coefficient (Wildman–Crippen LogP) is 3.34. The number of hydrogen-bond donors (Lipinski definition) is 3. The molecular formula is C21H27N3O. The average Bonchev–Trinajstić information content (AvgIpc) is 3.10. The van der Waals surface area contributed by atoms with Gasteiger partial charge in [0.1, 0.15) is 6.04 Å². The van der Waals surface area contributed by atoms with Crippen LogP contribution in [0.15, 0.2) is 48.5 Å². The molecule has 0 aromatic heterocycles. The molecule has 0 spiro atoms. The molecule has 1 aliphatic rings. The molecule has 3 rings (SSSR count). The molecule has 2 aromatic carbocycles. The summed E-state index contributed by atoms with van der Waals surface area (Å²) in [7, 11) is 0. The second-order valence-corrected chi connectivity index (χ2v) is 7.16. The SMILES string of the molecule is Cc1cccc(CNC(=O)C2CC(c3ccc(C(C)C)cc3)NN2)c1. The summed E-state index contributed by atoms with van der Waals surface area (Å²) in [5.41, 5.74) is 11.3. The maximum atomic E-state index is 12.4. The molecule has 2 atom stereocenters. The molecule has 1 aliphatic heterocycles. The quantitative estimate of drug-likeness (QED) is 0.784. The van der Waals surface area contributed by atoms with Crippen molar-refractivity contribution in [2.75, 3.05) is 0 Å². The zero-order chi connectivity index (χ0) is 17.8. The fourth-order valence-electron chi connectivity index (χ4n) is 3.19. The van der Waals surface area contributed by atoms with E-state index in [0.29, 0.717) is 12.5 Å². The molecule has 2 aromatic rings. The van der Waals surface area contributed by atoms with Gasteiger partial charge in [-0.25, -0.2) is 10.9 Å². The Kier molecular flexibility index (Phi) is 5.51. The maximum absolute atomic E-state index is 12.4. The summed E-state index contributed by atoms with van der Waals surface area (Å²) < 4.78 is 0. The first-order chi connectivity index (χ1) is 12.0. The van der Waals surface area contributed by atoms with Crippen molar-refractivity contribution in [3.05, 3.63) is 70.8 Å². The number of carbonyl (C=O) groups excluding carboxylic acids is 1. The molecule has 4 heteroatoms. The molecule has 0 aliphatic carbocycles. The van der Waals surface area contributed by atoms with Crippen molar-refractivity contribution in [1.82, 2.24) is 16.2 Å². The number of nitrogens with one attached hydrogen (secondary N) is 3. The summed E-state index contributed by atoms with van der Waals surface area (Å²) in [4.78, 5) is 12.4. The monoisotopic (exact) mass is 337 g/mol. The van der Waals surface area contributed by atoms with Gasteiger partial charge in [-0.05, 0) is 36.0 Å². The van der Waals surface area contributed by atoms with E-state index in [1.54, 1.807) is 0 Å². The molecule has 3 N–H and O–H groups in total. The third-order valence-electron chi connectivity index (χ3n) is 4.77. The van der Waals surface area contributed by atoms with Gasteiger partial charge in [0, 0.05) is 12.6 Å². The third kappa shape index (κ3) is 4.47. The van der Waals surface area contributed by atoms with E-state index in [9.17, 15) is 4.79 Å². The van der Waals surface area contributed by atoms with Crippen LogP contribution >= 0.6 is 0 Å². The molecule has 1 fully saturated rings. The van der Waals surface area contributed by atoms with Crippen molar-refractivity contribution in [3.63, 3.8) is 0 Å². The van der Waals surface area contributed by atoms with Crippen LogP contribution in [0, 0.1) is 6.92 Å². The van der Waals surface area contributed by atoms with Gasteiger partial charge in [0.25, 0.3) is 0 Å². The van der Waals surface area contributed by atoms with E-state index in [4.69, 9.17) is 0 Å². The summed E-state index contributed by atoms with van der Waals surface area (Å²) in [6.45, 7) is 7.01. The Labute approximate surface area is 150 Å². The van der Waals surface area contributed by atoms with Gasteiger partial charge in [0.2, 0.25) is 5.91 Å². The lowest BCUT2D eigenvalue weighted by atomic mass is 9.97. The Morgan fingerprint density at radius 1 is 1.16 bits per heavy atom. The van der Waals surface area contributed by atoms with E-state index in [1.807, 2.05) is 12.1 Å². The average molecular weight is 337 g/mol. The van der Waals surface area contributed by atoms with E-state index in [2.05, 4.69) is 73.3 Å².